The highest BCUT2D eigenvalue weighted by Crippen LogP contribution is 2.61. The quantitative estimate of drug-likeness (QED) is 0.363. The molecule has 6 heteroatoms. The zero-order chi connectivity index (χ0) is 22.6. The van der Waals surface area contributed by atoms with E-state index in [1.54, 1.807) is 23.6 Å². The molecule has 1 heterocycles. The molecule has 0 spiro atoms. The topological polar surface area (TPSA) is 101 Å². The number of thiophene rings is 1. The highest BCUT2D eigenvalue weighted by Gasteiger charge is 2.52. The summed E-state index contributed by atoms with van der Waals surface area (Å²) in [7, 11) is 0. The van der Waals surface area contributed by atoms with Crippen LogP contribution in [0.5, 0.6) is 5.75 Å². The van der Waals surface area contributed by atoms with Gasteiger partial charge < -0.3 is 15.9 Å². The van der Waals surface area contributed by atoms with Crippen molar-refractivity contribution in [3.63, 3.8) is 0 Å². The molecular formula is C25H33NO4S. The lowest BCUT2D eigenvalue weighted by Gasteiger charge is -2.59. The standard InChI is InChI=1S/C16H26O2.C9H7NO2S/c1-16(2)13-9-12(10-14(16)11-13)7-5-3-4-6-8-15(17)18;10-9(12)7-4-13-8-2-1-5(11)3-6(7)8/h3,5,12-14H,4,6-11H2,1-2H3,(H,17,18);1-4,11H,(H2,10,12)/b5-3-;/t12?,13-,14+;. The Morgan fingerprint density at radius 2 is 1.90 bits per heavy atom. The molecule has 31 heavy (non-hydrogen) atoms. The van der Waals surface area contributed by atoms with Gasteiger partial charge in [0.2, 0.25) is 5.91 Å². The highest BCUT2D eigenvalue weighted by atomic mass is 32.1. The third-order valence-electron chi connectivity index (χ3n) is 7.13. The maximum atomic E-state index is 10.9. The molecule has 0 saturated heterocycles. The number of aliphatic carboxylic acids is 1. The Labute approximate surface area is 188 Å². The van der Waals surface area contributed by atoms with E-state index < -0.39 is 11.9 Å². The van der Waals surface area contributed by atoms with Crippen LogP contribution in [-0.4, -0.2) is 22.1 Å². The molecule has 4 N–H and O–H groups in total. The number of phenols is 1. The lowest BCUT2D eigenvalue weighted by Crippen LogP contribution is -2.50. The number of carbonyl (C=O) groups excluding carboxylic acids is 1. The van der Waals surface area contributed by atoms with Crippen LogP contribution < -0.4 is 5.73 Å². The van der Waals surface area contributed by atoms with Crippen molar-refractivity contribution >= 4 is 33.3 Å². The number of nitrogens with two attached hydrogens (primary N) is 1. The molecule has 2 bridgehead atoms. The average molecular weight is 444 g/mol. The number of aromatic hydroxyl groups is 1. The summed E-state index contributed by atoms with van der Waals surface area (Å²) < 4.78 is 0.951. The van der Waals surface area contributed by atoms with Crippen molar-refractivity contribution in [1.82, 2.24) is 0 Å². The van der Waals surface area contributed by atoms with E-state index in [1.807, 2.05) is 0 Å². The first kappa shape index (κ1) is 23.3. The van der Waals surface area contributed by atoms with E-state index in [0.29, 0.717) is 17.4 Å². The molecule has 0 aliphatic heterocycles. The molecule has 2 aromatic rings. The summed E-state index contributed by atoms with van der Waals surface area (Å²) in [5.41, 5.74) is 6.24. The molecule has 3 aliphatic carbocycles. The van der Waals surface area contributed by atoms with E-state index in [9.17, 15) is 14.7 Å². The van der Waals surface area contributed by atoms with Crippen molar-refractivity contribution in [3.8, 4) is 5.75 Å². The summed E-state index contributed by atoms with van der Waals surface area (Å²) in [5.74, 6) is 1.81. The van der Waals surface area contributed by atoms with Crippen LogP contribution in [0, 0.1) is 23.2 Å². The normalized spacial score (nSPS) is 23.7. The van der Waals surface area contributed by atoms with Crippen molar-refractivity contribution in [2.24, 2.45) is 28.9 Å². The first-order valence-corrected chi connectivity index (χ1v) is 11.9. The van der Waals surface area contributed by atoms with E-state index in [-0.39, 0.29) is 5.75 Å². The lowest BCUT2D eigenvalue weighted by atomic mass is 9.46. The number of primary amides is 1. The largest absolute Gasteiger partial charge is 0.508 e. The first-order chi connectivity index (χ1) is 14.7. The van der Waals surface area contributed by atoms with E-state index in [4.69, 9.17) is 10.8 Å². The predicted octanol–water partition coefficient (Wildman–Crippen LogP) is 5.97. The van der Waals surface area contributed by atoms with Crippen LogP contribution in [0.1, 0.15) is 69.2 Å². The van der Waals surface area contributed by atoms with Crippen LogP contribution in [0.2, 0.25) is 0 Å². The Morgan fingerprint density at radius 1 is 1.19 bits per heavy atom. The number of fused-ring (bicyclic) bond motifs is 3. The number of carboxylic acids is 1. The zero-order valence-electron chi connectivity index (χ0n) is 18.3. The second kappa shape index (κ2) is 9.86. The number of carboxylic acid groups (broad SMARTS) is 1. The fraction of sp³-hybridized carbons (Fsp3) is 0.520. The summed E-state index contributed by atoms with van der Waals surface area (Å²) in [6, 6.07) is 4.90. The molecule has 1 aromatic carbocycles. The predicted molar refractivity (Wildman–Crippen MR) is 125 cm³/mol. The monoisotopic (exact) mass is 443 g/mol. The minimum absolute atomic E-state index is 0.147. The molecule has 168 valence electrons. The van der Waals surface area contributed by atoms with Gasteiger partial charge in [-0.05, 0) is 79.9 Å². The van der Waals surface area contributed by atoms with Crippen molar-refractivity contribution in [2.45, 2.75) is 58.8 Å². The molecule has 0 radical (unpaired) electrons. The number of hydrogen-bond donors (Lipinski definition) is 3. The summed E-state index contributed by atoms with van der Waals surface area (Å²) in [5, 5.41) is 20.2. The Balaban J connectivity index is 0.000000185. The van der Waals surface area contributed by atoms with E-state index in [1.165, 1.54) is 37.0 Å². The minimum Gasteiger partial charge on any atom is -0.508 e. The molecule has 3 aliphatic rings. The minimum atomic E-state index is -0.682. The molecule has 1 unspecified atom stereocenters. The van der Waals surface area contributed by atoms with Gasteiger partial charge in [0.25, 0.3) is 0 Å². The van der Waals surface area contributed by atoms with Gasteiger partial charge in [0, 0.05) is 21.9 Å². The number of amides is 1. The average Bonchev–Trinajstić information content (AvgIpc) is 3.14. The highest BCUT2D eigenvalue weighted by molar-refractivity contribution is 7.17. The van der Waals surface area contributed by atoms with Gasteiger partial charge in [-0.25, -0.2) is 0 Å². The number of phenolic OH excluding ortho intramolecular Hbond substituents is 1. The SMILES string of the molecule is CC1(C)[C@@H]2CC(C/C=C\CCCC(=O)O)C[C@H]1C2.NC(=O)c1csc2ccc(O)cc12. The van der Waals surface area contributed by atoms with Gasteiger partial charge in [-0.3, -0.25) is 9.59 Å². The second-order valence-corrected chi connectivity index (χ2v) is 10.4. The summed E-state index contributed by atoms with van der Waals surface area (Å²) in [6.07, 6.45) is 11.9. The van der Waals surface area contributed by atoms with Gasteiger partial charge >= 0.3 is 5.97 Å². The third-order valence-corrected chi connectivity index (χ3v) is 8.09. The van der Waals surface area contributed by atoms with Crippen molar-refractivity contribution in [2.75, 3.05) is 0 Å². The second-order valence-electron chi connectivity index (χ2n) is 9.48. The van der Waals surface area contributed by atoms with Gasteiger partial charge in [-0.2, -0.15) is 0 Å². The van der Waals surface area contributed by atoms with Crippen molar-refractivity contribution < 1.29 is 19.8 Å². The molecule has 1 amide bonds. The van der Waals surface area contributed by atoms with Gasteiger partial charge in [0.15, 0.2) is 0 Å². The number of carbonyl (C=O) groups is 2. The molecule has 5 rings (SSSR count). The number of unbranched alkanes of at least 4 members (excludes halogenated alkanes) is 1. The Morgan fingerprint density at radius 3 is 2.52 bits per heavy atom. The van der Waals surface area contributed by atoms with Crippen molar-refractivity contribution in [1.29, 1.82) is 0 Å². The van der Waals surface area contributed by atoms with Crippen LogP contribution in [0.4, 0.5) is 0 Å². The zero-order valence-corrected chi connectivity index (χ0v) is 19.2. The molecule has 3 fully saturated rings. The molecular weight excluding hydrogens is 410 g/mol. The number of allylic oxidation sites excluding steroid dienone is 2. The van der Waals surface area contributed by atoms with E-state index in [0.717, 1.165) is 40.7 Å². The number of hydrogen-bond acceptors (Lipinski definition) is 4. The van der Waals surface area contributed by atoms with Gasteiger partial charge in [-0.1, -0.05) is 26.0 Å². The van der Waals surface area contributed by atoms with Crippen LogP contribution in [0.25, 0.3) is 10.1 Å². The summed E-state index contributed by atoms with van der Waals surface area (Å²) >= 11 is 1.44. The molecule has 3 saturated carbocycles. The molecule has 3 atom stereocenters. The maximum Gasteiger partial charge on any atom is 0.303 e. The van der Waals surface area contributed by atoms with Crippen molar-refractivity contribution in [3.05, 3.63) is 41.3 Å². The Kier molecular flexibility index (Phi) is 7.42. The van der Waals surface area contributed by atoms with Gasteiger partial charge in [-0.15, -0.1) is 11.3 Å². The van der Waals surface area contributed by atoms with Crippen LogP contribution in [0.15, 0.2) is 35.7 Å². The fourth-order valence-corrected chi connectivity index (χ4v) is 5.93. The summed E-state index contributed by atoms with van der Waals surface area (Å²) in [6.45, 7) is 4.87. The molecule has 1 aromatic heterocycles. The van der Waals surface area contributed by atoms with Gasteiger partial charge in [0.1, 0.15) is 5.75 Å². The first-order valence-electron chi connectivity index (χ1n) is 11.0. The smallest absolute Gasteiger partial charge is 0.303 e. The molecule has 5 nitrogen and oxygen atoms in total. The number of benzene rings is 1. The fourth-order valence-electron chi connectivity index (χ4n) is 5.00. The Bertz CT molecular complexity index is 948. The Hall–Kier alpha value is -2.34. The third kappa shape index (κ3) is 5.67. The number of rotatable bonds is 7. The maximum absolute atomic E-state index is 10.9. The van der Waals surface area contributed by atoms with E-state index >= 15 is 0 Å². The summed E-state index contributed by atoms with van der Waals surface area (Å²) in [4.78, 5) is 21.3. The lowest BCUT2D eigenvalue weighted by molar-refractivity contribution is -0.137. The van der Waals surface area contributed by atoms with Crippen LogP contribution >= 0.6 is 11.3 Å². The van der Waals surface area contributed by atoms with Crippen LogP contribution in [-0.2, 0) is 4.79 Å². The van der Waals surface area contributed by atoms with E-state index in [2.05, 4.69) is 26.0 Å². The van der Waals surface area contributed by atoms with Gasteiger partial charge in [0.05, 0.1) is 5.56 Å². The van der Waals surface area contributed by atoms with Crippen LogP contribution in [0.3, 0.4) is 0 Å².